The van der Waals surface area contributed by atoms with Gasteiger partial charge in [-0.05, 0) is 44.5 Å². The third-order valence-corrected chi connectivity index (χ3v) is 2.05. The fraction of sp³-hybridized carbons (Fsp3) is 0.429. The van der Waals surface area contributed by atoms with E-state index in [1.165, 1.54) is 0 Å². The van der Waals surface area contributed by atoms with Crippen molar-refractivity contribution in [2.75, 3.05) is 11.9 Å². The van der Waals surface area contributed by atoms with Crippen molar-refractivity contribution < 1.29 is 4.74 Å². The number of benzene rings is 1. The quantitative estimate of drug-likeness (QED) is 0.583. The molecule has 2 nitrogen and oxygen atoms in total. The van der Waals surface area contributed by atoms with E-state index in [2.05, 4.69) is 11.2 Å². The van der Waals surface area contributed by atoms with Crippen LogP contribution in [0, 0.1) is 12.3 Å². The molecule has 16 heavy (non-hydrogen) atoms. The van der Waals surface area contributed by atoms with E-state index in [-0.39, 0.29) is 6.10 Å². The van der Waals surface area contributed by atoms with Crippen LogP contribution in [0.4, 0.5) is 5.69 Å². The predicted octanol–water partition coefficient (Wildman–Crippen LogP) is 3.30. The van der Waals surface area contributed by atoms with E-state index in [1.54, 1.807) is 0 Å². The SMILES string of the molecule is C#CCCCNc1ccc(OC(C)C)cc1. The molecule has 0 heterocycles. The average molecular weight is 217 g/mol. The Balaban J connectivity index is 2.37. The first-order chi connectivity index (χ1) is 7.72. The van der Waals surface area contributed by atoms with Crippen LogP contribution in [-0.4, -0.2) is 12.6 Å². The molecule has 0 unspecified atom stereocenters. The largest absolute Gasteiger partial charge is 0.491 e. The molecule has 2 heteroatoms. The Morgan fingerprint density at radius 1 is 1.31 bits per heavy atom. The van der Waals surface area contributed by atoms with Crippen LogP contribution in [0.5, 0.6) is 5.75 Å². The molecule has 0 aliphatic carbocycles. The summed E-state index contributed by atoms with van der Waals surface area (Å²) in [7, 11) is 0. The molecular weight excluding hydrogens is 198 g/mol. The minimum absolute atomic E-state index is 0.217. The summed E-state index contributed by atoms with van der Waals surface area (Å²) in [5.41, 5.74) is 1.10. The molecule has 0 spiro atoms. The third-order valence-electron chi connectivity index (χ3n) is 2.05. The smallest absolute Gasteiger partial charge is 0.119 e. The van der Waals surface area contributed by atoms with E-state index in [1.807, 2.05) is 38.1 Å². The monoisotopic (exact) mass is 217 g/mol. The number of hydrogen-bond donors (Lipinski definition) is 1. The van der Waals surface area contributed by atoms with Gasteiger partial charge in [0, 0.05) is 18.7 Å². The number of nitrogens with one attached hydrogen (secondary N) is 1. The van der Waals surface area contributed by atoms with Crippen molar-refractivity contribution in [2.24, 2.45) is 0 Å². The predicted molar refractivity (Wildman–Crippen MR) is 68.8 cm³/mol. The van der Waals surface area contributed by atoms with E-state index in [0.717, 1.165) is 30.8 Å². The first-order valence-electron chi connectivity index (χ1n) is 5.66. The molecule has 0 aliphatic rings. The maximum absolute atomic E-state index is 5.56. The molecule has 1 aromatic carbocycles. The second-order valence-corrected chi connectivity index (χ2v) is 3.93. The fourth-order valence-electron chi connectivity index (χ4n) is 1.35. The maximum Gasteiger partial charge on any atom is 0.119 e. The number of rotatable bonds is 6. The Morgan fingerprint density at radius 2 is 2.00 bits per heavy atom. The number of anilines is 1. The highest BCUT2D eigenvalue weighted by molar-refractivity contribution is 5.46. The number of unbranched alkanes of at least 4 members (excludes halogenated alkanes) is 1. The third kappa shape index (κ3) is 4.75. The zero-order chi connectivity index (χ0) is 11.8. The van der Waals surface area contributed by atoms with E-state index in [4.69, 9.17) is 11.2 Å². The Morgan fingerprint density at radius 3 is 2.56 bits per heavy atom. The topological polar surface area (TPSA) is 21.3 Å². The summed E-state index contributed by atoms with van der Waals surface area (Å²) in [5, 5.41) is 3.31. The molecule has 1 aromatic rings. The lowest BCUT2D eigenvalue weighted by atomic mass is 10.2. The first-order valence-corrected chi connectivity index (χ1v) is 5.66. The van der Waals surface area contributed by atoms with Crippen molar-refractivity contribution in [2.45, 2.75) is 32.8 Å². The van der Waals surface area contributed by atoms with E-state index < -0.39 is 0 Å². The second kappa shape index (κ2) is 6.79. The van der Waals surface area contributed by atoms with Crippen LogP contribution in [0.25, 0.3) is 0 Å². The van der Waals surface area contributed by atoms with Crippen LogP contribution >= 0.6 is 0 Å². The van der Waals surface area contributed by atoms with Crippen molar-refractivity contribution in [1.82, 2.24) is 0 Å². The Labute approximate surface area is 98.0 Å². The van der Waals surface area contributed by atoms with Crippen LogP contribution in [0.15, 0.2) is 24.3 Å². The molecule has 0 aliphatic heterocycles. The fourth-order valence-corrected chi connectivity index (χ4v) is 1.35. The lowest BCUT2D eigenvalue weighted by Gasteiger charge is -2.10. The van der Waals surface area contributed by atoms with E-state index in [0.29, 0.717) is 0 Å². The van der Waals surface area contributed by atoms with Crippen LogP contribution in [0.2, 0.25) is 0 Å². The lowest BCUT2D eigenvalue weighted by Crippen LogP contribution is -2.05. The molecule has 0 fully saturated rings. The Bertz CT molecular complexity index is 335. The molecule has 0 atom stereocenters. The van der Waals surface area contributed by atoms with Crippen LogP contribution in [0.1, 0.15) is 26.7 Å². The highest BCUT2D eigenvalue weighted by Gasteiger charge is 1.97. The van der Waals surface area contributed by atoms with E-state index >= 15 is 0 Å². The zero-order valence-corrected chi connectivity index (χ0v) is 9.99. The summed E-state index contributed by atoms with van der Waals surface area (Å²) in [5.74, 6) is 3.53. The minimum Gasteiger partial charge on any atom is -0.491 e. The van der Waals surface area contributed by atoms with Crippen molar-refractivity contribution in [3.63, 3.8) is 0 Å². The zero-order valence-electron chi connectivity index (χ0n) is 9.99. The van der Waals surface area contributed by atoms with Gasteiger partial charge in [-0.1, -0.05) is 0 Å². The normalized spacial score (nSPS) is 9.88. The molecule has 0 amide bonds. The Kier molecular flexibility index (Phi) is 5.28. The van der Waals surface area contributed by atoms with Gasteiger partial charge in [-0.3, -0.25) is 0 Å². The molecule has 0 aromatic heterocycles. The van der Waals surface area contributed by atoms with Crippen molar-refractivity contribution in [3.8, 4) is 18.1 Å². The van der Waals surface area contributed by atoms with Gasteiger partial charge >= 0.3 is 0 Å². The summed E-state index contributed by atoms with van der Waals surface area (Å²) in [4.78, 5) is 0. The van der Waals surface area contributed by atoms with Crippen LogP contribution < -0.4 is 10.1 Å². The molecule has 1 N–H and O–H groups in total. The summed E-state index contributed by atoms with van der Waals surface area (Å²) >= 11 is 0. The van der Waals surface area contributed by atoms with Crippen molar-refractivity contribution in [3.05, 3.63) is 24.3 Å². The van der Waals surface area contributed by atoms with Gasteiger partial charge in [0.15, 0.2) is 0 Å². The molecule has 0 saturated heterocycles. The second-order valence-electron chi connectivity index (χ2n) is 3.93. The lowest BCUT2D eigenvalue weighted by molar-refractivity contribution is 0.242. The number of ether oxygens (including phenoxy) is 1. The molecule has 86 valence electrons. The van der Waals surface area contributed by atoms with Gasteiger partial charge < -0.3 is 10.1 Å². The van der Waals surface area contributed by atoms with Crippen molar-refractivity contribution in [1.29, 1.82) is 0 Å². The molecule has 0 radical (unpaired) electrons. The number of terminal acetylenes is 1. The molecular formula is C14H19NO. The summed E-state index contributed by atoms with van der Waals surface area (Å²) < 4.78 is 5.56. The average Bonchev–Trinajstić information content (AvgIpc) is 2.26. The van der Waals surface area contributed by atoms with Crippen molar-refractivity contribution >= 4 is 5.69 Å². The van der Waals surface area contributed by atoms with Gasteiger partial charge in [-0.25, -0.2) is 0 Å². The van der Waals surface area contributed by atoms with Gasteiger partial charge in [-0.15, -0.1) is 12.3 Å². The van der Waals surface area contributed by atoms with Crippen LogP contribution in [0.3, 0.4) is 0 Å². The minimum atomic E-state index is 0.217. The summed E-state index contributed by atoms with van der Waals surface area (Å²) in [6.45, 7) is 4.95. The molecule has 1 rings (SSSR count). The highest BCUT2D eigenvalue weighted by Crippen LogP contribution is 2.16. The summed E-state index contributed by atoms with van der Waals surface area (Å²) in [6, 6.07) is 7.99. The van der Waals surface area contributed by atoms with Gasteiger partial charge in [0.2, 0.25) is 0 Å². The number of hydrogen-bond acceptors (Lipinski definition) is 2. The standard InChI is InChI=1S/C14H19NO/c1-4-5-6-11-15-13-7-9-14(10-8-13)16-12(2)3/h1,7-10,12,15H,5-6,11H2,2-3H3. The van der Waals surface area contributed by atoms with Gasteiger partial charge in [0.05, 0.1) is 6.10 Å². The van der Waals surface area contributed by atoms with Gasteiger partial charge in [-0.2, -0.15) is 0 Å². The van der Waals surface area contributed by atoms with Gasteiger partial charge in [0.1, 0.15) is 5.75 Å². The molecule has 0 saturated carbocycles. The Hall–Kier alpha value is -1.62. The van der Waals surface area contributed by atoms with Gasteiger partial charge in [0.25, 0.3) is 0 Å². The first kappa shape index (κ1) is 12.4. The maximum atomic E-state index is 5.56. The van der Waals surface area contributed by atoms with Crippen LogP contribution in [-0.2, 0) is 0 Å². The summed E-state index contributed by atoms with van der Waals surface area (Å²) in [6.07, 6.45) is 7.22. The molecule has 0 bridgehead atoms. The van der Waals surface area contributed by atoms with E-state index in [9.17, 15) is 0 Å². The highest BCUT2D eigenvalue weighted by atomic mass is 16.5.